The molecule has 2 aromatic carbocycles. The zero-order valence-corrected chi connectivity index (χ0v) is 17.2. The minimum Gasteiger partial charge on any atom is -0.489 e. The highest BCUT2D eigenvalue weighted by Gasteiger charge is 2.42. The fraction of sp³-hybridized carbons (Fsp3) is 0.261. The van der Waals surface area contributed by atoms with E-state index in [4.69, 9.17) is 9.47 Å². The first-order valence-electron chi connectivity index (χ1n) is 9.69. The molecule has 0 bridgehead atoms. The van der Waals surface area contributed by atoms with Gasteiger partial charge in [-0.3, -0.25) is 10.1 Å². The molecular formula is C23H24N2O5. The third kappa shape index (κ3) is 4.35. The molecule has 1 aliphatic heterocycles. The van der Waals surface area contributed by atoms with Crippen LogP contribution >= 0.6 is 0 Å². The van der Waals surface area contributed by atoms with Crippen LogP contribution in [0.3, 0.4) is 0 Å². The summed E-state index contributed by atoms with van der Waals surface area (Å²) in [7, 11) is 0. The number of esters is 1. The Morgan fingerprint density at radius 3 is 2.40 bits per heavy atom. The standard InChI is InChI=1S/C23H24N2O5/c1-4-29-23(26)20-15(2)24-16(3)22(25(27)28)21(20)18-12-8-9-13-19(18)30-14-17-10-6-5-7-11-17/h5-13,21,24H,4,14H2,1-3H3. The van der Waals surface area contributed by atoms with Crippen LogP contribution in [0.5, 0.6) is 5.75 Å². The topological polar surface area (TPSA) is 90.7 Å². The van der Waals surface area contributed by atoms with Gasteiger partial charge in [0.2, 0.25) is 0 Å². The van der Waals surface area contributed by atoms with Gasteiger partial charge in [0.1, 0.15) is 18.3 Å². The Balaban J connectivity index is 2.08. The molecule has 0 aliphatic carbocycles. The number of carbonyl (C=O) groups excluding carboxylic acids is 1. The maximum Gasteiger partial charge on any atom is 0.336 e. The SMILES string of the molecule is CCOC(=O)C1=C(C)NC(C)=C([N+](=O)[O-])C1c1ccccc1OCc1ccccc1. The van der Waals surface area contributed by atoms with Gasteiger partial charge in [-0.2, -0.15) is 0 Å². The number of hydrogen-bond donors (Lipinski definition) is 1. The number of rotatable bonds is 7. The molecule has 0 aromatic heterocycles. The molecule has 0 amide bonds. The fourth-order valence-corrected chi connectivity index (χ4v) is 3.59. The largest absolute Gasteiger partial charge is 0.489 e. The van der Waals surface area contributed by atoms with Gasteiger partial charge in [-0.25, -0.2) is 4.79 Å². The third-order valence-electron chi connectivity index (χ3n) is 4.88. The predicted octanol–water partition coefficient (Wildman–Crippen LogP) is 4.30. The van der Waals surface area contributed by atoms with Crippen molar-refractivity contribution in [2.75, 3.05) is 6.61 Å². The second-order valence-electron chi connectivity index (χ2n) is 6.90. The Kier molecular flexibility index (Phi) is 6.51. The van der Waals surface area contributed by atoms with E-state index in [9.17, 15) is 14.9 Å². The Morgan fingerprint density at radius 2 is 1.73 bits per heavy atom. The minimum atomic E-state index is -0.910. The van der Waals surface area contributed by atoms with Gasteiger partial charge in [0.05, 0.1) is 22.8 Å². The van der Waals surface area contributed by atoms with Crippen LogP contribution in [0.2, 0.25) is 0 Å². The van der Waals surface area contributed by atoms with Crippen LogP contribution in [0.25, 0.3) is 0 Å². The van der Waals surface area contributed by atoms with E-state index in [2.05, 4.69) is 5.32 Å². The van der Waals surface area contributed by atoms with Gasteiger partial charge in [-0.1, -0.05) is 48.5 Å². The highest BCUT2D eigenvalue weighted by molar-refractivity contribution is 5.92. The first kappa shape index (κ1) is 21.1. The molecule has 1 heterocycles. The van der Waals surface area contributed by atoms with Gasteiger partial charge >= 0.3 is 5.97 Å². The number of hydrogen-bond acceptors (Lipinski definition) is 6. The van der Waals surface area contributed by atoms with Crippen molar-refractivity contribution in [3.63, 3.8) is 0 Å². The van der Waals surface area contributed by atoms with Gasteiger partial charge < -0.3 is 14.8 Å². The maximum atomic E-state index is 12.8. The van der Waals surface area contributed by atoms with Crippen molar-refractivity contribution in [3.8, 4) is 5.75 Å². The smallest absolute Gasteiger partial charge is 0.336 e. The van der Waals surface area contributed by atoms with Crippen LogP contribution in [0.15, 0.2) is 77.3 Å². The first-order valence-corrected chi connectivity index (χ1v) is 9.69. The highest BCUT2D eigenvalue weighted by atomic mass is 16.6. The number of allylic oxidation sites excluding steroid dienone is 3. The fourth-order valence-electron chi connectivity index (χ4n) is 3.59. The summed E-state index contributed by atoms with van der Waals surface area (Å²) in [5.41, 5.74) is 2.54. The highest BCUT2D eigenvalue weighted by Crippen LogP contribution is 2.42. The molecule has 1 N–H and O–H groups in total. The molecule has 0 fully saturated rings. The number of nitrogens with one attached hydrogen (secondary N) is 1. The van der Waals surface area contributed by atoms with Gasteiger partial charge in [0.25, 0.3) is 5.70 Å². The van der Waals surface area contributed by atoms with Crippen molar-refractivity contribution >= 4 is 5.97 Å². The van der Waals surface area contributed by atoms with Crippen LogP contribution in [0.1, 0.15) is 37.8 Å². The van der Waals surface area contributed by atoms with E-state index < -0.39 is 16.8 Å². The number of dihydropyridines is 1. The molecule has 0 radical (unpaired) electrons. The summed E-state index contributed by atoms with van der Waals surface area (Å²) in [6, 6.07) is 16.7. The summed E-state index contributed by atoms with van der Waals surface area (Å²) >= 11 is 0. The Bertz CT molecular complexity index is 1010. The van der Waals surface area contributed by atoms with Gasteiger partial charge in [-0.15, -0.1) is 0 Å². The third-order valence-corrected chi connectivity index (χ3v) is 4.88. The number of carbonyl (C=O) groups is 1. The van der Waals surface area contributed by atoms with Crippen LogP contribution in [-0.2, 0) is 16.1 Å². The van der Waals surface area contributed by atoms with Crippen LogP contribution in [0.4, 0.5) is 0 Å². The monoisotopic (exact) mass is 408 g/mol. The number of nitrogens with zero attached hydrogens (tertiary/aromatic N) is 1. The average molecular weight is 408 g/mol. The van der Waals surface area contributed by atoms with Gasteiger partial charge in [0, 0.05) is 11.3 Å². The number of ether oxygens (including phenoxy) is 2. The molecular weight excluding hydrogens is 384 g/mol. The molecule has 1 unspecified atom stereocenters. The summed E-state index contributed by atoms with van der Waals surface area (Å²) in [5.74, 6) is -1.01. The van der Waals surface area contributed by atoms with E-state index >= 15 is 0 Å². The minimum absolute atomic E-state index is 0.0978. The number of nitro groups is 1. The van der Waals surface area contributed by atoms with E-state index in [1.165, 1.54) is 0 Å². The Morgan fingerprint density at radius 1 is 1.07 bits per heavy atom. The molecule has 1 aliphatic rings. The van der Waals surface area contributed by atoms with Crippen LogP contribution in [-0.4, -0.2) is 17.5 Å². The zero-order valence-electron chi connectivity index (χ0n) is 17.2. The second kappa shape index (κ2) is 9.26. The lowest BCUT2D eigenvalue weighted by atomic mass is 9.83. The van der Waals surface area contributed by atoms with Crippen molar-refractivity contribution in [3.05, 3.63) is 98.5 Å². The molecule has 1 atom stereocenters. The molecule has 156 valence electrons. The molecule has 0 spiro atoms. The van der Waals surface area contributed by atoms with Crippen molar-refractivity contribution in [1.82, 2.24) is 5.32 Å². The van der Waals surface area contributed by atoms with Crippen LogP contribution in [0, 0.1) is 10.1 Å². The van der Waals surface area contributed by atoms with Gasteiger partial charge in [0.15, 0.2) is 0 Å². The summed E-state index contributed by atoms with van der Waals surface area (Å²) < 4.78 is 11.2. The second-order valence-corrected chi connectivity index (χ2v) is 6.90. The quantitative estimate of drug-likeness (QED) is 0.417. The lowest BCUT2D eigenvalue weighted by Crippen LogP contribution is -2.31. The number of benzene rings is 2. The molecule has 0 saturated heterocycles. The van der Waals surface area contributed by atoms with E-state index in [0.717, 1.165) is 5.56 Å². The zero-order chi connectivity index (χ0) is 21.7. The lowest BCUT2D eigenvalue weighted by molar-refractivity contribution is -0.431. The Labute approximate surface area is 175 Å². The molecule has 0 saturated carbocycles. The summed E-state index contributed by atoms with van der Waals surface area (Å²) in [6.45, 7) is 5.52. The average Bonchev–Trinajstić information content (AvgIpc) is 2.72. The first-order chi connectivity index (χ1) is 14.4. The van der Waals surface area contributed by atoms with E-state index in [1.54, 1.807) is 45.0 Å². The van der Waals surface area contributed by atoms with Gasteiger partial charge in [-0.05, 0) is 32.4 Å². The molecule has 2 aromatic rings. The van der Waals surface area contributed by atoms with Crippen molar-refractivity contribution in [2.45, 2.75) is 33.3 Å². The molecule has 30 heavy (non-hydrogen) atoms. The number of para-hydroxylation sites is 1. The lowest BCUT2D eigenvalue weighted by Gasteiger charge is -2.27. The van der Waals surface area contributed by atoms with E-state index in [-0.39, 0.29) is 17.9 Å². The van der Waals surface area contributed by atoms with E-state index in [0.29, 0.717) is 29.3 Å². The van der Waals surface area contributed by atoms with Crippen LogP contribution < -0.4 is 10.1 Å². The molecule has 3 rings (SSSR count). The summed E-state index contributed by atoms with van der Waals surface area (Å²) in [5, 5.41) is 14.9. The summed E-state index contributed by atoms with van der Waals surface area (Å²) in [4.78, 5) is 24.3. The normalized spacial score (nSPS) is 16.2. The summed E-state index contributed by atoms with van der Waals surface area (Å²) in [6.07, 6.45) is 0. The Hall–Kier alpha value is -3.61. The molecule has 7 nitrogen and oxygen atoms in total. The maximum absolute atomic E-state index is 12.8. The predicted molar refractivity (Wildman–Crippen MR) is 112 cm³/mol. The van der Waals surface area contributed by atoms with Crippen molar-refractivity contribution < 1.29 is 19.2 Å². The van der Waals surface area contributed by atoms with Crippen molar-refractivity contribution in [1.29, 1.82) is 0 Å². The van der Waals surface area contributed by atoms with E-state index in [1.807, 2.05) is 30.3 Å². The van der Waals surface area contributed by atoms with Crippen molar-refractivity contribution in [2.24, 2.45) is 0 Å². The molecule has 7 heteroatoms.